The smallest absolute Gasteiger partial charge is 0.227 e. The second-order valence-corrected chi connectivity index (χ2v) is 3.29. The molecule has 0 radical (unpaired) electrons. The fourth-order valence-corrected chi connectivity index (χ4v) is 1.45. The van der Waals surface area contributed by atoms with Crippen LogP contribution in [0, 0.1) is 0 Å². The van der Waals surface area contributed by atoms with Gasteiger partial charge in [0.15, 0.2) is 0 Å². The van der Waals surface area contributed by atoms with Crippen molar-refractivity contribution in [2.45, 2.75) is 13.3 Å². The molecule has 0 aliphatic rings. The van der Waals surface area contributed by atoms with Crippen LogP contribution in [-0.4, -0.2) is 15.0 Å². The number of ether oxygens (including phenoxy) is 1. The minimum absolute atomic E-state index is 0.489. The highest BCUT2D eigenvalue weighted by molar-refractivity contribution is 5.48. The molecule has 0 spiro atoms. The monoisotopic (exact) mass is 231 g/mol. The summed E-state index contributed by atoms with van der Waals surface area (Å²) in [6.45, 7) is 1.98. The lowest BCUT2D eigenvalue weighted by molar-refractivity contribution is 0.453. The summed E-state index contributed by atoms with van der Waals surface area (Å²) < 4.78 is 5.63. The molecule has 0 aliphatic heterocycles. The fraction of sp³-hybridized carbons (Fsp3) is 0.182. The van der Waals surface area contributed by atoms with Gasteiger partial charge in [-0.2, -0.15) is 0 Å². The van der Waals surface area contributed by atoms with Gasteiger partial charge in [0.05, 0.1) is 11.8 Å². The number of nitrogens with two attached hydrogens (primary N) is 1. The van der Waals surface area contributed by atoms with Gasteiger partial charge in [-0.05, 0) is 18.6 Å². The van der Waals surface area contributed by atoms with Crippen molar-refractivity contribution in [3.63, 3.8) is 0 Å². The van der Waals surface area contributed by atoms with Crippen molar-refractivity contribution in [2.24, 2.45) is 5.84 Å². The Morgan fingerprint density at radius 3 is 2.94 bits per heavy atom. The van der Waals surface area contributed by atoms with E-state index in [4.69, 9.17) is 10.6 Å². The number of hydrazine groups is 1. The van der Waals surface area contributed by atoms with Crippen molar-refractivity contribution in [1.82, 2.24) is 15.0 Å². The quantitative estimate of drug-likeness (QED) is 0.612. The number of hydrogen-bond donors (Lipinski definition) is 2. The third-order valence-corrected chi connectivity index (χ3v) is 2.25. The zero-order valence-corrected chi connectivity index (χ0v) is 9.42. The number of rotatable bonds is 4. The van der Waals surface area contributed by atoms with Crippen molar-refractivity contribution in [3.05, 3.63) is 36.4 Å². The Hall–Kier alpha value is -2.21. The van der Waals surface area contributed by atoms with Crippen LogP contribution in [0.1, 0.15) is 12.5 Å². The van der Waals surface area contributed by atoms with Crippen LogP contribution in [-0.2, 0) is 6.42 Å². The van der Waals surface area contributed by atoms with E-state index >= 15 is 0 Å². The van der Waals surface area contributed by atoms with E-state index in [1.807, 2.05) is 13.0 Å². The largest absolute Gasteiger partial charge is 0.437 e. The van der Waals surface area contributed by atoms with Gasteiger partial charge in [0.1, 0.15) is 17.9 Å². The van der Waals surface area contributed by atoms with Crippen LogP contribution in [0.2, 0.25) is 0 Å². The van der Waals surface area contributed by atoms with Gasteiger partial charge in [0.2, 0.25) is 5.88 Å². The topological polar surface area (TPSA) is 86.0 Å². The van der Waals surface area contributed by atoms with E-state index in [1.54, 1.807) is 18.5 Å². The Balaban J connectivity index is 2.33. The fourth-order valence-electron chi connectivity index (χ4n) is 1.45. The molecule has 0 bridgehead atoms. The molecule has 2 rings (SSSR count). The van der Waals surface area contributed by atoms with E-state index in [0.717, 1.165) is 12.0 Å². The summed E-state index contributed by atoms with van der Waals surface area (Å²) in [5, 5.41) is 0. The third kappa shape index (κ3) is 2.48. The zero-order chi connectivity index (χ0) is 12.1. The summed E-state index contributed by atoms with van der Waals surface area (Å²) in [4.78, 5) is 12.1. The Morgan fingerprint density at radius 2 is 2.29 bits per heavy atom. The van der Waals surface area contributed by atoms with E-state index in [1.165, 1.54) is 6.33 Å². The Bertz CT molecular complexity index is 488. The summed E-state index contributed by atoms with van der Waals surface area (Å²) in [6.07, 6.45) is 5.42. The first-order valence-electron chi connectivity index (χ1n) is 5.23. The van der Waals surface area contributed by atoms with Crippen LogP contribution in [0.3, 0.4) is 0 Å². The van der Waals surface area contributed by atoms with Gasteiger partial charge < -0.3 is 10.2 Å². The van der Waals surface area contributed by atoms with Crippen LogP contribution < -0.4 is 16.0 Å². The van der Waals surface area contributed by atoms with Gasteiger partial charge in [-0.3, -0.25) is 4.98 Å². The molecule has 0 fully saturated rings. The third-order valence-electron chi connectivity index (χ3n) is 2.25. The normalized spacial score (nSPS) is 10.0. The molecular formula is C11H13N5O. The number of anilines is 1. The maximum atomic E-state index is 5.63. The number of pyridine rings is 1. The molecule has 3 N–H and O–H groups in total. The average molecular weight is 231 g/mol. The highest BCUT2D eigenvalue weighted by Gasteiger charge is 2.10. The summed E-state index contributed by atoms with van der Waals surface area (Å²) in [7, 11) is 0. The first-order chi connectivity index (χ1) is 8.35. The van der Waals surface area contributed by atoms with Gasteiger partial charge in [0.25, 0.3) is 0 Å². The first-order valence-corrected chi connectivity index (χ1v) is 5.23. The van der Waals surface area contributed by atoms with E-state index in [-0.39, 0.29) is 0 Å². The molecule has 88 valence electrons. The molecule has 0 amide bonds. The number of nitrogens with one attached hydrogen (secondary N) is 1. The van der Waals surface area contributed by atoms with Gasteiger partial charge >= 0.3 is 0 Å². The number of aromatic nitrogens is 3. The molecule has 2 aromatic rings. The van der Waals surface area contributed by atoms with Crippen molar-refractivity contribution in [2.75, 3.05) is 5.43 Å². The van der Waals surface area contributed by atoms with Crippen molar-refractivity contribution in [1.29, 1.82) is 0 Å². The maximum absolute atomic E-state index is 5.63. The number of nitrogen functional groups attached to an aromatic ring is 1. The molecule has 2 heterocycles. The predicted octanol–water partition coefficient (Wildman–Crippen LogP) is 1.51. The van der Waals surface area contributed by atoms with Crippen molar-refractivity contribution < 1.29 is 4.74 Å². The SMILES string of the molecule is CCc1c(NN)ncnc1Oc1cccnc1. The molecule has 0 aromatic carbocycles. The van der Waals surface area contributed by atoms with Crippen molar-refractivity contribution in [3.8, 4) is 11.6 Å². The second-order valence-electron chi connectivity index (χ2n) is 3.29. The van der Waals surface area contributed by atoms with E-state index in [9.17, 15) is 0 Å². The molecular weight excluding hydrogens is 218 g/mol. The van der Waals surface area contributed by atoms with E-state index in [0.29, 0.717) is 17.4 Å². The van der Waals surface area contributed by atoms with Gasteiger partial charge in [-0.1, -0.05) is 6.92 Å². The molecule has 0 saturated heterocycles. The summed E-state index contributed by atoms with van der Waals surface area (Å²) in [5.41, 5.74) is 3.36. The standard InChI is InChI=1S/C11H13N5O/c1-2-9-10(16-12)14-7-15-11(9)17-8-4-3-5-13-6-8/h3-7H,2,12H2,1H3,(H,14,15,16). The van der Waals surface area contributed by atoms with Crippen LogP contribution >= 0.6 is 0 Å². The lowest BCUT2D eigenvalue weighted by Crippen LogP contribution is -2.12. The highest BCUT2D eigenvalue weighted by Crippen LogP contribution is 2.26. The number of nitrogens with zero attached hydrogens (tertiary/aromatic N) is 3. The molecule has 2 aromatic heterocycles. The van der Waals surface area contributed by atoms with E-state index in [2.05, 4.69) is 20.4 Å². The minimum Gasteiger partial charge on any atom is -0.437 e. The molecule has 17 heavy (non-hydrogen) atoms. The highest BCUT2D eigenvalue weighted by atomic mass is 16.5. The molecule has 0 unspecified atom stereocenters. The predicted molar refractivity (Wildman–Crippen MR) is 63.5 cm³/mol. The van der Waals surface area contributed by atoms with Gasteiger partial charge in [0, 0.05) is 6.20 Å². The summed E-state index contributed by atoms with van der Waals surface area (Å²) in [6, 6.07) is 3.61. The summed E-state index contributed by atoms with van der Waals surface area (Å²) >= 11 is 0. The minimum atomic E-state index is 0.489. The second kappa shape index (κ2) is 5.22. The van der Waals surface area contributed by atoms with E-state index < -0.39 is 0 Å². The molecule has 0 aliphatic carbocycles. The maximum Gasteiger partial charge on any atom is 0.227 e. The number of hydrogen-bond acceptors (Lipinski definition) is 6. The Kier molecular flexibility index (Phi) is 3.46. The summed E-state index contributed by atoms with van der Waals surface area (Å²) in [5.74, 6) is 7.07. The average Bonchev–Trinajstić information content (AvgIpc) is 2.39. The Morgan fingerprint density at radius 1 is 1.41 bits per heavy atom. The van der Waals surface area contributed by atoms with Crippen LogP contribution in [0.15, 0.2) is 30.9 Å². The zero-order valence-electron chi connectivity index (χ0n) is 9.42. The van der Waals surface area contributed by atoms with Crippen molar-refractivity contribution >= 4 is 5.82 Å². The lowest BCUT2D eigenvalue weighted by atomic mass is 10.2. The van der Waals surface area contributed by atoms with Gasteiger partial charge in [-0.15, -0.1) is 0 Å². The molecule has 6 heteroatoms. The molecule has 0 atom stereocenters. The Labute approximate surface area is 98.9 Å². The lowest BCUT2D eigenvalue weighted by Gasteiger charge is -2.11. The van der Waals surface area contributed by atoms with Crippen LogP contribution in [0.4, 0.5) is 5.82 Å². The van der Waals surface area contributed by atoms with Crippen LogP contribution in [0.5, 0.6) is 11.6 Å². The van der Waals surface area contributed by atoms with Crippen LogP contribution in [0.25, 0.3) is 0 Å². The molecule has 6 nitrogen and oxygen atoms in total. The first kappa shape index (κ1) is 11.3. The van der Waals surface area contributed by atoms with Gasteiger partial charge in [-0.25, -0.2) is 15.8 Å². The molecule has 0 saturated carbocycles.